The molecule has 1 aliphatic carbocycles. The van der Waals surface area contributed by atoms with Crippen LogP contribution in [0, 0.1) is 0 Å². The maximum absolute atomic E-state index is 13.8. The zero-order valence-corrected chi connectivity index (χ0v) is 19.6. The maximum atomic E-state index is 13.8. The van der Waals surface area contributed by atoms with Gasteiger partial charge in [0.05, 0.1) is 17.6 Å². The standard InChI is InChI=1S/C26H29ClN4O2/c1-26(25(33)28-19-11-4-2-3-5-12-19)17-30-22-15-9-8-14-21(22)29-23(30)24(32)31(26)16-18-10-6-7-13-20(18)27/h6-10,13-15,19H,2-5,11-12,16-17H2,1H3,(H,28,33). The molecule has 1 atom stereocenters. The summed E-state index contributed by atoms with van der Waals surface area (Å²) in [5.41, 5.74) is 1.36. The molecule has 1 unspecified atom stereocenters. The molecule has 2 amide bonds. The molecular formula is C26H29ClN4O2. The van der Waals surface area contributed by atoms with Gasteiger partial charge in [0.1, 0.15) is 5.54 Å². The summed E-state index contributed by atoms with van der Waals surface area (Å²) < 4.78 is 1.90. The Hall–Kier alpha value is -2.86. The molecule has 1 saturated carbocycles. The molecule has 2 heterocycles. The summed E-state index contributed by atoms with van der Waals surface area (Å²) in [6.45, 7) is 2.46. The number of benzene rings is 2. The van der Waals surface area contributed by atoms with Crippen molar-refractivity contribution in [3.05, 3.63) is 64.9 Å². The van der Waals surface area contributed by atoms with E-state index in [-0.39, 0.29) is 24.4 Å². The Labute approximate surface area is 198 Å². The third-order valence-electron chi connectivity index (χ3n) is 7.12. The smallest absolute Gasteiger partial charge is 0.291 e. The first-order valence-corrected chi connectivity index (χ1v) is 12.2. The minimum atomic E-state index is -1.07. The largest absolute Gasteiger partial charge is 0.351 e. The first kappa shape index (κ1) is 22.0. The van der Waals surface area contributed by atoms with Gasteiger partial charge in [0, 0.05) is 17.6 Å². The second kappa shape index (κ2) is 8.82. The van der Waals surface area contributed by atoms with Crippen LogP contribution < -0.4 is 5.32 Å². The van der Waals surface area contributed by atoms with E-state index in [4.69, 9.17) is 11.6 Å². The fraction of sp³-hybridized carbons (Fsp3) is 0.423. The van der Waals surface area contributed by atoms with Crippen LogP contribution in [0.4, 0.5) is 0 Å². The van der Waals surface area contributed by atoms with Crippen molar-refractivity contribution in [2.45, 2.75) is 70.1 Å². The van der Waals surface area contributed by atoms with Gasteiger partial charge in [-0.3, -0.25) is 9.59 Å². The van der Waals surface area contributed by atoms with Crippen LogP contribution in [-0.4, -0.2) is 37.8 Å². The molecule has 1 aliphatic heterocycles. The summed E-state index contributed by atoms with van der Waals surface area (Å²) in [6, 6.07) is 15.3. The van der Waals surface area contributed by atoms with Gasteiger partial charge < -0.3 is 14.8 Å². The summed E-state index contributed by atoms with van der Waals surface area (Å²) in [5.74, 6) is -0.00267. The van der Waals surface area contributed by atoms with E-state index >= 15 is 0 Å². The van der Waals surface area contributed by atoms with Gasteiger partial charge in [-0.15, -0.1) is 0 Å². The Morgan fingerprint density at radius 3 is 2.55 bits per heavy atom. The molecule has 0 saturated heterocycles. The van der Waals surface area contributed by atoms with Gasteiger partial charge in [0.25, 0.3) is 5.91 Å². The molecule has 0 spiro atoms. The lowest BCUT2D eigenvalue weighted by molar-refractivity contribution is -0.134. The van der Waals surface area contributed by atoms with Crippen molar-refractivity contribution in [2.75, 3.05) is 0 Å². The number of fused-ring (bicyclic) bond motifs is 3. The summed E-state index contributed by atoms with van der Waals surface area (Å²) >= 11 is 6.44. The number of nitrogens with zero attached hydrogens (tertiary/aromatic N) is 3. The van der Waals surface area contributed by atoms with Gasteiger partial charge in [-0.1, -0.05) is 67.6 Å². The highest BCUT2D eigenvalue weighted by Gasteiger charge is 2.49. The van der Waals surface area contributed by atoms with Crippen LogP contribution >= 0.6 is 11.6 Å². The number of aromatic nitrogens is 2. The van der Waals surface area contributed by atoms with Crippen LogP contribution in [0.25, 0.3) is 11.0 Å². The highest BCUT2D eigenvalue weighted by Crippen LogP contribution is 2.33. The van der Waals surface area contributed by atoms with Crippen LogP contribution in [0.3, 0.4) is 0 Å². The van der Waals surface area contributed by atoms with Crippen LogP contribution in [0.5, 0.6) is 0 Å². The average molecular weight is 465 g/mol. The third-order valence-corrected chi connectivity index (χ3v) is 7.49. The Kier molecular flexibility index (Phi) is 5.87. The second-order valence-corrected chi connectivity index (χ2v) is 9.84. The summed E-state index contributed by atoms with van der Waals surface area (Å²) in [4.78, 5) is 33.9. The minimum Gasteiger partial charge on any atom is -0.351 e. The van der Waals surface area contributed by atoms with Gasteiger partial charge in [-0.2, -0.15) is 0 Å². The fourth-order valence-electron chi connectivity index (χ4n) is 5.14. The summed E-state index contributed by atoms with van der Waals surface area (Å²) in [7, 11) is 0. The molecule has 33 heavy (non-hydrogen) atoms. The Bertz CT molecular complexity index is 1200. The molecular weight excluding hydrogens is 436 g/mol. The number of nitrogens with one attached hydrogen (secondary N) is 1. The molecule has 3 aromatic rings. The van der Waals surface area contributed by atoms with Gasteiger partial charge in [-0.25, -0.2) is 4.98 Å². The van der Waals surface area contributed by atoms with Crippen molar-refractivity contribution in [1.29, 1.82) is 0 Å². The zero-order chi connectivity index (χ0) is 23.0. The van der Waals surface area contributed by atoms with Crippen LogP contribution in [-0.2, 0) is 17.9 Å². The van der Waals surface area contributed by atoms with E-state index in [1.165, 1.54) is 12.8 Å². The Morgan fingerprint density at radius 2 is 1.79 bits per heavy atom. The number of rotatable bonds is 4. The van der Waals surface area contributed by atoms with Crippen LogP contribution in [0.15, 0.2) is 48.5 Å². The van der Waals surface area contributed by atoms with Gasteiger partial charge in [0.15, 0.2) is 5.82 Å². The zero-order valence-electron chi connectivity index (χ0n) is 18.9. The lowest BCUT2D eigenvalue weighted by atomic mass is 9.93. The Balaban J connectivity index is 1.55. The van der Waals surface area contributed by atoms with Crippen LogP contribution in [0.2, 0.25) is 5.02 Å². The number of carbonyl (C=O) groups is 2. The molecule has 2 aromatic carbocycles. The van der Waals surface area contributed by atoms with Gasteiger partial charge in [0.2, 0.25) is 5.91 Å². The van der Waals surface area contributed by atoms with Crippen molar-refractivity contribution in [3.63, 3.8) is 0 Å². The molecule has 1 fully saturated rings. The normalized spacial score (nSPS) is 21.6. The SMILES string of the molecule is CC1(C(=O)NC2CCCCCC2)Cn2c(nc3ccccc32)C(=O)N1Cc1ccccc1Cl. The molecule has 0 radical (unpaired) electrons. The molecule has 0 bridgehead atoms. The number of amides is 2. The lowest BCUT2D eigenvalue weighted by Gasteiger charge is -2.44. The van der Waals surface area contributed by atoms with E-state index in [0.29, 0.717) is 17.4 Å². The summed E-state index contributed by atoms with van der Waals surface area (Å²) in [5, 5.41) is 3.87. The topological polar surface area (TPSA) is 67.2 Å². The average Bonchev–Trinajstić information content (AvgIpc) is 2.98. The highest BCUT2D eigenvalue weighted by atomic mass is 35.5. The number of para-hydroxylation sites is 2. The predicted molar refractivity (Wildman–Crippen MR) is 129 cm³/mol. The minimum absolute atomic E-state index is 0.113. The van der Waals surface area contributed by atoms with E-state index in [2.05, 4.69) is 10.3 Å². The van der Waals surface area contributed by atoms with E-state index < -0.39 is 5.54 Å². The highest BCUT2D eigenvalue weighted by molar-refractivity contribution is 6.31. The fourth-order valence-corrected chi connectivity index (χ4v) is 5.33. The number of halogens is 1. The molecule has 5 rings (SSSR count). The predicted octanol–water partition coefficient (Wildman–Crippen LogP) is 4.94. The van der Waals surface area contributed by atoms with Crippen molar-refractivity contribution >= 4 is 34.4 Å². The Morgan fingerprint density at radius 1 is 1.09 bits per heavy atom. The van der Waals surface area contributed by atoms with E-state index in [0.717, 1.165) is 42.3 Å². The second-order valence-electron chi connectivity index (χ2n) is 9.43. The van der Waals surface area contributed by atoms with E-state index in [9.17, 15) is 9.59 Å². The van der Waals surface area contributed by atoms with Crippen molar-refractivity contribution in [2.24, 2.45) is 0 Å². The maximum Gasteiger partial charge on any atom is 0.291 e. The number of imidazole rings is 1. The monoisotopic (exact) mass is 464 g/mol. The lowest BCUT2D eigenvalue weighted by Crippen LogP contribution is -2.64. The van der Waals surface area contributed by atoms with Gasteiger partial charge in [-0.05, 0) is 43.5 Å². The molecule has 7 heteroatoms. The number of hydrogen-bond donors (Lipinski definition) is 1. The molecule has 1 N–H and O–H groups in total. The van der Waals surface area contributed by atoms with E-state index in [1.54, 1.807) is 4.90 Å². The molecule has 2 aliphatic rings. The first-order valence-electron chi connectivity index (χ1n) is 11.8. The molecule has 1 aromatic heterocycles. The first-order chi connectivity index (χ1) is 16.0. The van der Waals surface area contributed by atoms with Gasteiger partial charge >= 0.3 is 0 Å². The molecule has 172 valence electrons. The summed E-state index contributed by atoms with van der Waals surface area (Å²) in [6.07, 6.45) is 6.65. The van der Waals surface area contributed by atoms with Crippen molar-refractivity contribution in [1.82, 2.24) is 19.8 Å². The van der Waals surface area contributed by atoms with Crippen LogP contribution in [0.1, 0.15) is 61.6 Å². The number of carbonyl (C=O) groups excluding carboxylic acids is 2. The molecule has 6 nitrogen and oxygen atoms in total. The number of hydrogen-bond acceptors (Lipinski definition) is 3. The van der Waals surface area contributed by atoms with Crippen molar-refractivity contribution < 1.29 is 9.59 Å². The quantitative estimate of drug-likeness (QED) is 0.556. The third kappa shape index (κ3) is 4.01. The van der Waals surface area contributed by atoms with E-state index in [1.807, 2.05) is 60.0 Å². The van der Waals surface area contributed by atoms with Crippen molar-refractivity contribution in [3.8, 4) is 0 Å².